The number of hydrogen-bond acceptors (Lipinski definition) is 2. The minimum Gasteiger partial charge on any atom is -0.491 e. The molecule has 0 aromatic heterocycles. The summed E-state index contributed by atoms with van der Waals surface area (Å²) in [6.07, 6.45) is 6.17. The van der Waals surface area contributed by atoms with E-state index in [0.717, 1.165) is 41.8 Å². The second kappa shape index (κ2) is 7.16. The lowest BCUT2D eigenvalue weighted by molar-refractivity contribution is 0.207. The molecule has 1 saturated carbocycles. The maximum Gasteiger partial charge on any atom is 0.120 e. The first-order chi connectivity index (χ1) is 9.19. The van der Waals surface area contributed by atoms with E-state index in [4.69, 9.17) is 16.3 Å². The predicted molar refractivity (Wildman–Crippen MR) is 81.2 cm³/mol. The second-order valence-corrected chi connectivity index (χ2v) is 5.81. The summed E-state index contributed by atoms with van der Waals surface area (Å²) in [5.41, 5.74) is 1.15. The smallest absolute Gasteiger partial charge is 0.120 e. The molecule has 1 aliphatic carbocycles. The van der Waals surface area contributed by atoms with Gasteiger partial charge < -0.3 is 10.1 Å². The van der Waals surface area contributed by atoms with Crippen LogP contribution >= 0.6 is 11.6 Å². The number of hydrogen-bond donors (Lipinski definition) is 1. The molecule has 0 aliphatic heterocycles. The van der Waals surface area contributed by atoms with Crippen LogP contribution in [0.15, 0.2) is 18.2 Å². The molecule has 3 heteroatoms. The van der Waals surface area contributed by atoms with Crippen molar-refractivity contribution in [1.29, 1.82) is 0 Å². The van der Waals surface area contributed by atoms with E-state index >= 15 is 0 Å². The van der Waals surface area contributed by atoms with Crippen LogP contribution in [0.1, 0.15) is 45.1 Å². The summed E-state index contributed by atoms with van der Waals surface area (Å²) in [5, 5.41) is 4.36. The molecule has 1 N–H and O–H groups in total. The van der Waals surface area contributed by atoms with Crippen LogP contribution in [-0.2, 0) is 6.42 Å². The van der Waals surface area contributed by atoms with E-state index in [-0.39, 0.29) is 6.10 Å². The second-order valence-electron chi connectivity index (χ2n) is 5.41. The molecule has 1 aliphatic rings. The molecule has 0 amide bonds. The van der Waals surface area contributed by atoms with Gasteiger partial charge in [0.25, 0.3) is 0 Å². The Morgan fingerprint density at radius 3 is 2.89 bits per heavy atom. The van der Waals surface area contributed by atoms with Gasteiger partial charge in [-0.15, -0.1) is 0 Å². The lowest BCUT2D eigenvalue weighted by Gasteiger charge is -2.16. The molecule has 0 radical (unpaired) electrons. The molecule has 1 aromatic rings. The van der Waals surface area contributed by atoms with Gasteiger partial charge in [-0.25, -0.2) is 0 Å². The van der Waals surface area contributed by atoms with Crippen LogP contribution < -0.4 is 10.1 Å². The molecule has 1 aromatic carbocycles. The summed E-state index contributed by atoms with van der Waals surface area (Å²) >= 11 is 6.11. The molecule has 0 saturated heterocycles. The summed E-state index contributed by atoms with van der Waals surface area (Å²) in [6.45, 7) is 5.36. The number of ether oxygens (including phenoxy) is 1. The third kappa shape index (κ3) is 5.04. The fourth-order valence-corrected chi connectivity index (χ4v) is 2.42. The molecule has 0 bridgehead atoms. The Labute approximate surface area is 121 Å². The van der Waals surface area contributed by atoms with Crippen LogP contribution in [-0.4, -0.2) is 18.7 Å². The van der Waals surface area contributed by atoms with Gasteiger partial charge in [0.15, 0.2) is 0 Å². The normalized spacial score (nSPS) is 16.4. The highest BCUT2D eigenvalue weighted by molar-refractivity contribution is 6.31. The highest BCUT2D eigenvalue weighted by atomic mass is 35.5. The van der Waals surface area contributed by atoms with E-state index in [2.05, 4.69) is 25.2 Å². The molecular weight excluding hydrogens is 258 g/mol. The van der Waals surface area contributed by atoms with E-state index in [1.54, 1.807) is 0 Å². The van der Waals surface area contributed by atoms with Gasteiger partial charge in [0.2, 0.25) is 0 Å². The van der Waals surface area contributed by atoms with Crippen molar-refractivity contribution in [3.8, 4) is 5.75 Å². The molecule has 2 nitrogen and oxygen atoms in total. The highest BCUT2D eigenvalue weighted by Crippen LogP contribution is 2.24. The SMILES string of the molecule is CCc1cc(OC(C)CCCNC2CC2)ccc1Cl. The van der Waals surface area contributed by atoms with Crippen molar-refractivity contribution < 1.29 is 4.74 Å². The van der Waals surface area contributed by atoms with Gasteiger partial charge in [0, 0.05) is 11.1 Å². The Morgan fingerprint density at radius 2 is 2.21 bits per heavy atom. The molecule has 0 heterocycles. The lowest BCUT2D eigenvalue weighted by Crippen LogP contribution is -2.20. The molecule has 1 unspecified atom stereocenters. The number of rotatable bonds is 8. The van der Waals surface area contributed by atoms with Crippen LogP contribution in [0.3, 0.4) is 0 Å². The van der Waals surface area contributed by atoms with Gasteiger partial charge in [0.1, 0.15) is 5.75 Å². The maximum absolute atomic E-state index is 6.11. The average Bonchev–Trinajstić information content (AvgIpc) is 3.21. The highest BCUT2D eigenvalue weighted by Gasteiger charge is 2.19. The largest absolute Gasteiger partial charge is 0.491 e. The number of benzene rings is 1. The lowest BCUT2D eigenvalue weighted by atomic mass is 10.1. The standard InChI is InChI=1S/C16H24ClNO/c1-3-13-11-15(8-9-16(13)17)19-12(2)5-4-10-18-14-6-7-14/h8-9,11-12,14,18H,3-7,10H2,1-2H3. The monoisotopic (exact) mass is 281 g/mol. The first kappa shape index (κ1) is 14.7. The maximum atomic E-state index is 6.11. The molecular formula is C16H24ClNO. The van der Waals surface area contributed by atoms with Crippen molar-refractivity contribution in [2.75, 3.05) is 6.54 Å². The fourth-order valence-electron chi connectivity index (χ4n) is 2.17. The first-order valence-corrected chi connectivity index (χ1v) is 7.75. The van der Waals surface area contributed by atoms with Crippen LogP contribution in [0.5, 0.6) is 5.75 Å². The van der Waals surface area contributed by atoms with Gasteiger partial charge in [0.05, 0.1) is 6.10 Å². The zero-order valence-electron chi connectivity index (χ0n) is 11.9. The molecule has 106 valence electrons. The fraction of sp³-hybridized carbons (Fsp3) is 0.625. The van der Waals surface area contributed by atoms with Gasteiger partial charge in [-0.3, -0.25) is 0 Å². The summed E-state index contributed by atoms with van der Waals surface area (Å²) in [5.74, 6) is 0.934. The van der Waals surface area contributed by atoms with E-state index in [9.17, 15) is 0 Å². The summed E-state index contributed by atoms with van der Waals surface area (Å²) in [7, 11) is 0. The van der Waals surface area contributed by atoms with Gasteiger partial charge >= 0.3 is 0 Å². The Morgan fingerprint density at radius 1 is 1.42 bits per heavy atom. The van der Waals surface area contributed by atoms with Crippen molar-refractivity contribution in [3.05, 3.63) is 28.8 Å². The topological polar surface area (TPSA) is 21.3 Å². The van der Waals surface area contributed by atoms with Crippen LogP contribution in [0, 0.1) is 0 Å². The Hall–Kier alpha value is -0.730. The quantitative estimate of drug-likeness (QED) is 0.721. The average molecular weight is 282 g/mol. The minimum atomic E-state index is 0.256. The van der Waals surface area contributed by atoms with Gasteiger partial charge in [-0.1, -0.05) is 18.5 Å². The van der Waals surface area contributed by atoms with E-state index < -0.39 is 0 Å². The van der Waals surface area contributed by atoms with Crippen molar-refractivity contribution in [2.24, 2.45) is 0 Å². The minimum absolute atomic E-state index is 0.256. The van der Waals surface area contributed by atoms with E-state index in [1.165, 1.54) is 19.3 Å². The molecule has 0 spiro atoms. The van der Waals surface area contributed by atoms with Crippen LogP contribution in [0.4, 0.5) is 0 Å². The van der Waals surface area contributed by atoms with Crippen LogP contribution in [0.2, 0.25) is 5.02 Å². The number of halogens is 1. The Kier molecular flexibility index (Phi) is 5.53. The van der Waals surface area contributed by atoms with Gasteiger partial charge in [-0.05, 0) is 69.3 Å². The Bertz CT molecular complexity index is 404. The van der Waals surface area contributed by atoms with E-state index in [0.29, 0.717) is 0 Å². The number of aryl methyl sites for hydroxylation is 1. The van der Waals surface area contributed by atoms with E-state index in [1.807, 2.05) is 12.1 Å². The summed E-state index contributed by atoms with van der Waals surface area (Å²) in [6, 6.07) is 6.75. The summed E-state index contributed by atoms with van der Waals surface area (Å²) in [4.78, 5) is 0. The zero-order valence-corrected chi connectivity index (χ0v) is 12.7. The van der Waals surface area contributed by atoms with Crippen molar-refractivity contribution >= 4 is 11.6 Å². The van der Waals surface area contributed by atoms with Crippen molar-refractivity contribution in [2.45, 2.75) is 58.1 Å². The molecule has 2 rings (SSSR count). The van der Waals surface area contributed by atoms with Gasteiger partial charge in [-0.2, -0.15) is 0 Å². The first-order valence-electron chi connectivity index (χ1n) is 7.37. The van der Waals surface area contributed by atoms with Crippen molar-refractivity contribution in [3.63, 3.8) is 0 Å². The third-order valence-electron chi connectivity index (χ3n) is 3.53. The summed E-state index contributed by atoms with van der Waals surface area (Å²) < 4.78 is 5.95. The molecule has 1 fully saturated rings. The third-order valence-corrected chi connectivity index (χ3v) is 3.90. The predicted octanol–water partition coefficient (Wildman–Crippen LogP) is 4.20. The van der Waals surface area contributed by atoms with Crippen molar-refractivity contribution in [1.82, 2.24) is 5.32 Å². The van der Waals surface area contributed by atoms with Crippen LogP contribution in [0.25, 0.3) is 0 Å². The molecule has 1 atom stereocenters. The molecule has 19 heavy (non-hydrogen) atoms. The Balaban J connectivity index is 1.72. The number of nitrogens with one attached hydrogen (secondary N) is 1. The zero-order chi connectivity index (χ0) is 13.7.